The lowest BCUT2D eigenvalue weighted by molar-refractivity contribution is -0.143. The highest BCUT2D eigenvalue weighted by atomic mass is 16.4. The van der Waals surface area contributed by atoms with Crippen LogP contribution in [0.15, 0.2) is 24.3 Å². The average molecular weight is 346 g/mol. The number of nitrogens with one attached hydrogen (secondary N) is 1. The number of rotatable bonds is 5. The maximum atomic E-state index is 12.5. The molecule has 1 aliphatic heterocycles. The molecule has 0 saturated carbocycles. The molecule has 0 atom stereocenters. The molecule has 1 fully saturated rings. The van der Waals surface area contributed by atoms with E-state index in [-0.39, 0.29) is 17.7 Å². The SMILES string of the molecule is CCC(C)(C)C(=O)Nc1ccc(C(=O)N2CCC(C(=O)O)CC2)cc1. The summed E-state index contributed by atoms with van der Waals surface area (Å²) in [5.41, 5.74) is 0.761. The van der Waals surface area contributed by atoms with Crippen LogP contribution < -0.4 is 5.32 Å². The van der Waals surface area contributed by atoms with E-state index in [4.69, 9.17) is 5.11 Å². The van der Waals surface area contributed by atoms with E-state index in [0.717, 1.165) is 6.42 Å². The normalized spacial score (nSPS) is 15.7. The number of anilines is 1. The molecule has 1 saturated heterocycles. The first-order valence-corrected chi connectivity index (χ1v) is 8.68. The fourth-order valence-electron chi connectivity index (χ4n) is 2.67. The minimum atomic E-state index is -0.790. The van der Waals surface area contributed by atoms with Crippen LogP contribution in [0.2, 0.25) is 0 Å². The lowest BCUT2D eigenvalue weighted by Crippen LogP contribution is -2.40. The third kappa shape index (κ3) is 4.59. The number of carbonyl (C=O) groups excluding carboxylic acids is 2. The topological polar surface area (TPSA) is 86.7 Å². The Bertz CT molecular complexity index is 644. The summed E-state index contributed by atoms with van der Waals surface area (Å²) in [6.07, 6.45) is 1.71. The van der Waals surface area contributed by atoms with E-state index >= 15 is 0 Å². The maximum Gasteiger partial charge on any atom is 0.306 e. The second-order valence-corrected chi connectivity index (χ2v) is 7.17. The maximum absolute atomic E-state index is 12.5. The fourth-order valence-corrected chi connectivity index (χ4v) is 2.67. The molecule has 0 aromatic heterocycles. The van der Waals surface area contributed by atoms with Crippen LogP contribution in [0.3, 0.4) is 0 Å². The number of piperidine rings is 1. The number of carbonyl (C=O) groups is 3. The number of hydrogen-bond donors (Lipinski definition) is 2. The Balaban J connectivity index is 1.97. The smallest absolute Gasteiger partial charge is 0.306 e. The van der Waals surface area contributed by atoms with Gasteiger partial charge in [0.2, 0.25) is 5.91 Å². The molecule has 136 valence electrons. The van der Waals surface area contributed by atoms with Crippen LogP contribution in [0.25, 0.3) is 0 Å². The van der Waals surface area contributed by atoms with Crippen LogP contribution in [0.4, 0.5) is 5.69 Å². The van der Waals surface area contributed by atoms with Gasteiger partial charge in [0.15, 0.2) is 0 Å². The highest BCUT2D eigenvalue weighted by molar-refractivity contribution is 5.97. The van der Waals surface area contributed by atoms with Gasteiger partial charge in [-0.05, 0) is 43.5 Å². The van der Waals surface area contributed by atoms with Crippen LogP contribution in [0.5, 0.6) is 0 Å². The number of nitrogens with zero attached hydrogens (tertiary/aromatic N) is 1. The number of carboxylic acids is 1. The molecule has 0 unspecified atom stereocenters. The lowest BCUT2D eigenvalue weighted by Gasteiger charge is -2.30. The Morgan fingerprint density at radius 1 is 1.16 bits per heavy atom. The van der Waals surface area contributed by atoms with E-state index < -0.39 is 11.4 Å². The zero-order valence-corrected chi connectivity index (χ0v) is 15.0. The highest BCUT2D eigenvalue weighted by Gasteiger charge is 2.28. The average Bonchev–Trinajstić information content (AvgIpc) is 2.61. The van der Waals surface area contributed by atoms with Crippen molar-refractivity contribution in [1.29, 1.82) is 0 Å². The quantitative estimate of drug-likeness (QED) is 0.858. The van der Waals surface area contributed by atoms with Gasteiger partial charge in [0.05, 0.1) is 5.92 Å². The number of amides is 2. The van der Waals surface area contributed by atoms with E-state index in [2.05, 4.69) is 5.32 Å². The van der Waals surface area contributed by atoms with Crippen molar-refractivity contribution < 1.29 is 19.5 Å². The number of hydrogen-bond acceptors (Lipinski definition) is 3. The predicted octanol–water partition coefficient (Wildman–Crippen LogP) is 3.00. The van der Waals surface area contributed by atoms with Crippen LogP contribution in [-0.2, 0) is 9.59 Å². The van der Waals surface area contributed by atoms with Crippen molar-refractivity contribution in [3.8, 4) is 0 Å². The van der Waals surface area contributed by atoms with Gasteiger partial charge in [0.1, 0.15) is 0 Å². The number of aliphatic carboxylic acids is 1. The Morgan fingerprint density at radius 2 is 1.72 bits per heavy atom. The minimum Gasteiger partial charge on any atom is -0.481 e. The first-order valence-electron chi connectivity index (χ1n) is 8.68. The Morgan fingerprint density at radius 3 is 2.20 bits per heavy atom. The lowest BCUT2D eigenvalue weighted by atomic mass is 9.89. The van der Waals surface area contributed by atoms with Gasteiger partial charge in [0, 0.05) is 29.8 Å². The first-order chi connectivity index (χ1) is 11.7. The molecule has 2 N–H and O–H groups in total. The zero-order chi connectivity index (χ0) is 18.6. The summed E-state index contributed by atoms with van der Waals surface area (Å²) >= 11 is 0. The van der Waals surface area contributed by atoms with Crippen LogP contribution in [0, 0.1) is 11.3 Å². The summed E-state index contributed by atoms with van der Waals surface area (Å²) in [7, 11) is 0. The standard InChI is InChI=1S/C19H26N2O4/c1-4-19(2,3)18(25)20-15-7-5-13(6-8-15)16(22)21-11-9-14(10-12-21)17(23)24/h5-8,14H,4,9-12H2,1-3H3,(H,20,25)(H,23,24). The van der Waals surface area contributed by atoms with Crippen LogP contribution in [0.1, 0.15) is 50.4 Å². The molecule has 6 heteroatoms. The van der Waals surface area contributed by atoms with Gasteiger partial charge in [-0.2, -0.15) is 0 Å². The summed E-state index contributed by atoms with van der Waals surface area (Å²) < 4.78 is 0. The number of benzene rings is 1. The molecule has 6 nitrogen and oxygen atoms in total. The number of carboxylic acid groups (broad SMARTS) is 1. The largest absolute Gasteiger partial charge is 0.481 e. The molecular weight excluding hydrogens is 320 g/mol. The van der Waals surface area contributed by atoms with E-state index in [1.54, 1.807) is 29.2 Å². The molecule has 2 amide bonds. The van der Waals surface area contributed by atoms with Gasteiger partial charge >= 0.3 is 5.97 Å². The zero-order valence-electron chi connectivity index (χ0n) is 15.0. The molecule has 2 rings (SSSR count). The summed E-state index contributed by atoms with van der Waals surface area (Å²) in [5, 5.41) is 11.9. The molecule has 0 aliphatic carbocycles. The van der Waals surface area contributed by atoms with E-state index in [1.165, 1.54) is 0 Å². The van der Waals surface area contributed by atoms with E-state index in [1.807, 2.05) is 20.8 Å². The molecule has 0 radical (unpaired) electrons. The first kappa shape index (κ1) is 19.0. The summed E-state index contributed by atoms with van der Waals surface area (Å²) in [6.45, 7) is 6.66. The molecule has 0 spiro atoms. The molecule has 1 aromatic rings. The van der Waals surface area contributed by atoms with Crippen molar-refractivity contribution in [2.75, 3.05) is 18.4 Å². The monoisotopic (exact) mass is 346 g/mol. The van der Waals surface area contributed by atoms with Crippen molar-refractivity contribution >= 4 is 23.5 Å². The van der Waals surface area contributed by atoms with Crippen molar-refractivity contribution in [1.82, 2.24) is 4.90 Å². The second kappa shape index (κ2) is 7.68. The molecular formula is C19H26N2O4. The van der Waals surface area contributed by atoms with Crippen LogP contribution >= 0.6 is 0 Å². The highest BCUT2D eigenvalue weighted by Crippen LogP contribution is 2.23. The third-order valence-electron chi connectivity index (χ3n) is 5.02. The predicted molar refractivity (Wildman–Crippen MR) is 95.4 cm³/mol. The van der Waals surface area contributed by atoms with E-state index in [0.29, 0.717) is 37.2 Å². The van der Waals surface area contributed by atoms with Crippen molar-refractivity contribution in [2.45, 2.75) is 40.0 Å². The molecule has 1 heterocycles. The van der Waals surface area contributed by atoms with Crippen molar-refractivity contribution in [2.24, 2.45) is 11.3 Å². The number of likely N-dealkylation sites (tertiary alicyclic amines) is 1. The molecule has 25 heavy (non-hydrogen) atoms. The van der Waals surface area contributed by atoms with Crippen molar-refractivity contribution in [3.05, 3.63) is 29.8 Å². The van der Waals surface area contributed by atoms with E-state index in [9.17, 15) is 14.4 Å². The Labute approximate surface area is 148 Å². The summed E-state index contributed by atoms with van der Waals surface area (Å²) in [4.78, 5) is 37.4. The molecule has 1 aliphatic rings. The van der Waals surface area contributed by atoms with Gasteiger partial charge in [-0.3, -0.25) is 14.4 Å². The van der Waals surface area contributed by atoms with Gasteiger partial charge < -0.3 is 15.3 Å². The Hall–Kier alpha value is -2.37. The van der Waals surface area contributed by atoms with Crippen LogP contribution in [-0.4, -0.2) is 40.9 Å². The van der Waals surface area contributed by atoms with Gasteiger partial charge in [-0.25, -0.2) is 0 Å². The van der Waals surface area contributed by atoms with Gasteiger partial charge in [-0.1, -0.05) is 20.8 Å². The summed E-state index contributed by atoms with van der Waals surface area (Å²) in [6, 6.07) is 6.84. The minimum absolute atomic E-state index is 0.0511. The molecule has 1 aromatic carbocycles. The second-order valence-electron chi connectivity index (χ2n) is 7.17. The summed E-state index contributed by atoms with van der Waals surface area (Å²) in [5.74, 6) is -1.30. The van der Waals surface area contributed by atoms with Crippen molar-refractivity contribution in [3.63, 3.8) is 0 Å². The Kier molecular flexibility index (Phi) is 5.82. The third-order valence-corrected chi connectivity index (χ3v) is 5.02. The van der Waals surface area contributed by atoms with Gasteiger partial charge in [-0.15, -0.1) is 0 Å². The van der Waals surface area contributed by atoms with Gasteiger partial charge in [0.25, 0.3) is 5.91 Å². The molecule has 0 bridgehead atoms. The fraction of sp³-hybridized carbons (Fsp3) is 0.526.